The van der Waals surface area contributed by atoms with E-state index < -0.39 is 0 Å². The normalized spacial score (nSPS) is 14.8. The summed E-state index contributed by atoms with van der Waals surface area (Å²) in [6, 6.07) is 38.5. The Balaban J connectivity index is 1.36. The van der Waals surface area contributed by atoms with E-state index in [-0.39, 0.29) is 0 Å². The Kier molecular flexibility index (Phi) is 5.86. The predicted octanol–water partition coefficient (Wildman–Crippen LogP) is 11.4. The van der Waals surface area contributed by atoms with E-state index in [1.54, 1.807) is 0 Å². The van der Waals surface area contributed by atoms with Crippen LogP contribution in [0, 0.1) is 13.8 Å². The third-order valence-corrected chi connectivity index (χ3v) is 11.0. The Hall–Kier alpha value is -6.46. The molecular weight excluding hydrogens is 625 g/mol. The number of allylic oxidation sites excluding steroid dienone is 4. The second-order valence-corrected chi connectivity index (χ2v) is 13.7. The van der Waals surface area contributed by atoms with Gasteiger partial charge in [-0.15, -0.1) is 0 Å². The summed E-state index contributed by atoms with van der Waals surface area (Å²) in [4.78, 5) is 10.8. The summed E-state index contributed by atoms with van der Waals surface area (Å²) in [7, 11) is 0. The van der Waals surface area contributed by atoms with Gasteiger partial charge in [-0.05, 0) is 96.6 Å². The van der Waals surface area contributed by atoms with Gasteiger partial charge in [0.2, 0.25) is 5.95 Å². The lowest BCUT2D eigenvalue weighted by Gasteiger charge is -2.21. The number of benzene rings is 6. The van der Waals surface area contributed by atoms with Crippen molar-refractivity contribution in [2.45, 2.75) is 26.7 Å². The summed E-state index contributed by atoms with van der Waals surface area (Å²) in [5.41, 5.74) is 12.6. The Morgan fingerprint density at radius 2 is 1.33 bits per heavy atom. The van der Waals surface area contributed by atoms with Crippen molar-refractivity contribution < 1.29 is 4.74 Å². The topological polar surface area (TPSA) is 44.9 Å². The molecule has 11 rings (SSSR count). The van der Waals surface area contributed by atoms with Gasteiger partial charge in [-0.2, -0.15) is 0 Å². The third kappa shape index (κ3) is 3.91. The van der Waals surface area contributed by atoms with Crippen LogP contribution in [0.15, 0.2) is 133 Å². The highest BCUT2D eigenvalue weighted by molar-refractivity contribution is 6.21. The van der Waals surface area contributed by atoms with E-state index in [1.807, 2.05) is 24.3 Å². The summed E-state index contributed by atoms with van der Waals surface area (Å²) < 4.78 is 11.2. The number of hydrogen-bond acceptors (Lipinski definition) is 3. The summed E-state index contributed by atoms with van der Waals surface area (Å²) in [5.74, 6) is 2.25. The monoisotopic (exact) mass is 656 g/mol. The highest BCUT2D eigenvalue weighted by atomic mass is 16.5. The number of nitrogens with zero attached hydrogens (tertiary/aromatic N) is 4. The maximum absolute atomic E-state index is 6.37. The average molecular weight is 657 g/mol. The summed E-state index contributed by atoms with van der Waals surface area (Å²) in [5, 5.41) is 7.19. The molecular formula is C46H32N4O. The molecule has 0 amide bonds. The van der Waals surface area contributed by atoms with Gasteiger partial charge < -0.3 is 9.30 Å². The number of aromatic nitrogens is 4. The van der Waals surface area contributed by atoms with Crippen molar-refractivity contribution in [1.29, 1.82) is 0 Å². The average Bonchev–Trinajstić information content (AvgIpc) is 3.63. The minimum absolute atomic E-state index is 0.654. The fourth-order valence-electron chi connectivity index (χ4n) is 8.69. The molecule has 242 valence electrons. The number of aryl methyl sites for hydroxylation is 1. The minimum Gasteiger partial charge on any atom is -0.456 e. The Bertz CT molecular complexity index is 3030. The molecule has 1 aliphatic carbocycles. The van der Waals surface area contributed by atoms with E-state index in [0.29, 0.717) is 5.95 Å². The second-order valence-electron chi connectivity index (χ2n) is 13.7. The molecule has 0 spiro atoms. The minimum atomic E-state index is 0.654. The van der Waals surface area contributed by atoms with Crippen LogP contribution < -0.4 is 4.74 Å². The lowest BCUT2D eigenvalue weighted by Crippen LogP contribution is -2.08. The van der Waals surface area contributed by atoms with E-state index in [0.717, 1.165) is 63.2 Å². The molecule has 0 saturated carbocycles. The van der Waals surface area contributed by atoms with Gasteiger partial charge in [0, 0.05) is 33.1 Å². The van der Waals surface area contributed by atoms with Crippen LogP contribution in [0.2, 0.25) is 0 Å². The number of hydrogen-bond donors (Lipinski definition) is 0. The van der Waals surface area contributed by atoms with Gasteiger partial charge in [-0.1, -0.05) is 91.0 Å². The van der Waals surface area contributed by atoms with Crippen molar-refractivity contribution in [3.63, 3.8) is 0 Å². The predicted molar refractivity (Wildman–Crippen MR) is 209 cm³/mol. The molecule has 5 heteroatoms. The van der Waals surface area contributed by atoms with E-state index in [2.05, 4.69) is 132 Å². The Morgan fingerprint density at radius 1 is 0.608 bits per heavy atom. The molecule has 3 aromatic heterocycles. The maximum atomic E-state index is 6.37. The van der Waals surface area contributed by atoms with E-state index in [1.165, 1.54) is 54.8 Å². The number of fused-ring (bicyclic) bond motifs is 11. The molecule has 1 aliphatic heterocycles. The zero-order valence-electron chi connectivity index (χ0n) is 28.3. The molecule has 51 heavy (non-hydrogen) atoms. The van der Waals surface area contributed by atoms with Crippen LogP contribution in [0.5, 0.6) is 11.5 Å². The largest absolute Gasteiger partial charge is 0.456 e. The fourth-order valence-corrected chi connectivity index (χ4v) is 8.69. The third-order valence-electron chi connectivity index (χ3n) is 11.0. The van der Waals surface area contributed by atoms with Gasteiger partial charge in [-0.3, -0.25) is 4.57 Å². The molecule has 6 aromatic carbocycles. The van der Waals surface area contributed by atoms with Crippen LogP contribution in [0.3, 0.4) is 0 Å². The van der Waals surface area contributed by atoms with Crippen LogP contribution >= 0.6 is 0 Å². The Labute approximate surface area is 294 Å². The molecule has 9 aromatic rings. The van der Waals surface area contributed by atoms with E-state index in [4.69, 9.17) is 14.7 Å². The zero-order chi connectivity index (χ0) is 33.8. The molecule has 0 atom stereocenters. The number of para-hydroxylation sites is 2. The van der Waals surface area contributed by atoms with Crippen LogP contribution in [-0.2, 0) is 12.8 Å². The summed E-state index contributed by atoms with van der Waals surface area (Å²) in [6.45, 7) is 4.56. The summed E-state index contributed by atoms with van der Waals surface area (Å²) in [6.07, 6.45) is 10.7. The highest BCUT2D eigenvalue weighted by Crippen LogP contribution is 2.48. The highest BCUT2D eigenvalue weighted by Gasteiger charge is 2.29. The van der Waals surface area contributed by atoms with Gasteiger partial charge in [-0.25, -0.2) is 9.97 Å². The number of rotatable bonds is 2. The van der Waals surface area contributed by atoms with Crippen molar-refractivity contribution >= 4 is 54.4 Å². The SMILES string of the molecule is Cc1c(C)n(-c2ccc3ccccc3c2)c2c1c1c(c3c4ccccc4n(-c4nc5c6c(cccc6n4)Oc4ccccc4-5)c32)C/C=C\C=C/C1. The number of ether oxygens (including phenoxy) is 1. The summed E-state index contributed by atoms with van der Waals surface area (Å²) >= 11 is 0. The molecule has 2 aliphatic rings. The molecule has 0 unspecified atom stereocenters. The second kappa shape index (κ2) is 10.5. The van der Waals surface area contributed by atoms with Crippen molar-refractivity contribution in [3.05, 3.63) is 156 Å². The van der Waals surface area contributed by atoms with Gasteiger partial charge in [0.1, 0.15) is 11.5 Å². The quantitative estimate of drug-likeness (QED) is 0.186. The molecule has 4 heterocycles. The fraction of sp³-hybridized carbons (Fsp3) is 0.0870. The van der Waals surface area contributed by atoms with Crippen molar-refractivity contribution in [2.75, 3.05) is 0 Å². The van der Waals surface area contributed by atoms with Crippen LogP contribution in [-0.4, -0.2) is 19.1 Å². The van der Waals surface area contributed by atoms with Crippen molar-refractivity contribution in [3.8, 4) is 34.4 Å². The first-order valence-corrected chi connectivity index (χ1v) is 17.6. The van der Waals surface area contributed by atoms with Gasteiger partial charge in [0.05, 0.1) is 33.1 Å². The van der Waals surface area contributed by atoms with Crippen LogP contribution in [0.4, 0.5) is 0 Å². The standard InChI is InChI=1S/C46H32N4O/c1-27-28(2)49(31-25-24-29-14-7-8-15-30(29)26-31)44-40(27)32-16-5-3-4-6-17-33(32)41-34-18-9-11-21-37(34)50(45(41)44)46-47-36-20-13-23-39-42(36)43(48-46)35-19-10-12-22-38(35)51-39/h3-15,18-26H,16-17H2,1-2H3/b5-3-,6-4-. The Morgan fingerprint density at radius 3 is 2.22 bits per heavy atom. The molecule has 0 fully saturated rings. The first-order valence-electron chi connectivity index (χ1n) is 17.6. The van der Waals surface area contributed by atoms with Gasteiger partial charge in [0.25, 0.3) is 0 Å². The first-order chi connectivity index (χ1) is 25.2. The molecule has 0 saturated heterocycles. The lowest BCUT2D eigenvalue weighted by atomic mass is 9.90. The molecule has 0 radical (unpaired) electrons. The van der Waals surface area contributed by atoms with Crippen molar-refractivity contribution in [1.82, 2.24) is 19.1 Å². The van der Waals surface area contributed by atoms with E-state index >= 15 is 0 Å². The van der Waals surface area contributed by atoms with Crippen molar-refractivity contribution in [2.24, 2.45) is 0 Å². The molecule has 0 N–H and O–H groups in total. The smallest absolute Gasteiger partial charge is 0.235 e. The lowest BCUT2D eigenvalue weighted by molar-refractivity contribution is 0.486. The van der Waals surface area contributed by atoms with E-state index in [9.17, 15) is 0 Å². The van der Waals surface area contributed by atoms with Gasteiger partial charge in [0.15, 0.2) is 0 Å². The van der Waals surface area contributed by atoms with Gasteiger partial charge >= 0.3 is 0 Å². The van der Waals surface area contributed by atoms with Crippen LogP contribution in [0.1, 0.15) is 22.4 Å². The maximum Gasteiger partial charge on any atom is 0.235 e. The zero-order valence-corrected chi connectivity index (χ0v) is 28.3. The van der Waals surface area contributed by atoms with Crippen LogP contribution in [0.25, 0.3) is 77.3 Å². The molecule has 0 bridgehead atoms. The first kappa shape index (κ1) is 28.4. The molecule has 5 nitrogen and oxygen atoms in total.